The summed E-state index contributed by atoms with van der Waals surface area (Å²) in [6, 6.07) is 18.0. The van der Waals surface area contributed by atoms with E-state index in [1.165, 1.54) is 5.56 Å². The van der Waals surface area contributed by atoms with Gasteiger partial charge in [-0.3, -0.25) is 0 Å². The molecule has 0 saturated carbocycles. The summed E-state index contributed by atoms with van der Waals surface area (Å²) in [5.74, 6) is 2.55. The van der Waals surface area contributed by atoms with Gasteiger partial charge >= 0.3 is 0 Å². The van der Waals surface area contributed by atoms with Gasteiger partial charge in [0.15, 0.2) is 11.5 Å². The third-order valence-corrected chi connectivity index (χ3v) is 3.44. The lowest BCUT2D eigenvalue weighted by molar-refractivity contribution is 0.279. The highest BCUT2D eigenvalue weighted by Crippen LogP contribution is 2.27. The number of thiol groups is 1. The minimum atomic E-state index is 0.273. The van der Waals surface area contributed by atoms with Gasteiger partial charge in [0.25, 0.3) is 0 Å². The van der Waals surface area contributed by atoms with Crippen LogP contribution in [0.3, 0.4) is 0 Å². The molecule has 0 aliphatic heterocycles. The molecule has 19 heavy (non-hydrogen) atoms. The zero-order valence-electron chi connectivity index (χ0n) is 11.0. The first-order valence-electron chi connectivity index (χ1n) is 6.26. The molecule has 1 atom stereocenters. The van der Waals surface area contributed by atoms with E-state index in [1.54, 1.807) is 7.11 Å². The molecule has 100 valence electrons. The summed E-state index contributed by atoms with van der Waals surface area (Å²) in [6.07, 6.45) is 0. The maximum atomic E-state index is 5.86. The largest absolute Gasteiger partial charge is 0.493 e. The highest BCUT2D eigenvalue weighted by molar-refractivity contribution is 7.80. The van der Waals surface area contributed by atoms with E-state index in [4.69, 9.17) is 9.47 Å². The molecule has 0 aliphatic rings. The second kappa shape index (κ2) is 7.10. The topological polar surface area (TPSA) is 18.5 Å². The van der Waals surface area contributed by atoms with E-state index in [9.17, 15) is 0 Å². The lowest BCUT2D eigenvalue weighted by Gasteiger charge is -2.17. The van der Waals surface area contributed by atoms with Crippen LogP contribution in [0.5, 0.6) is 11.5 Å². The van der Waals surface area contributed by atoms with Gasteiger partial charge in [-0.1, -0.05) is 42.5 Å². The van der Waals surface area contributed by atoms with Gasteiger partial charge in [0.05, 0.1) is 13.7 Å². The number of rotatable bonds is 6. The molecular formula is C16H18O2S. The van der Waals surface area contributed by atoms with Crippen LogP contribution in [0.2, 0.25) is 0 Å². The van der Waals surface area contributed by atoms with Crippen molar-refractivity contribution in [1.29, 1.82) is 0 Å². The Balaban J connectivity index is 2.04. The average molecular weight is 274 g/mol. The average Bonchev–Trinajstić information content (AvgIpc) is 2.49. The van der Waals surface area contributed by atoms with Crippen molar-refractivity contribution in [3.05, 3.63) is 60.2 Å². The maximum absolute atomic E-state index is 5.86. The fraction of sp³-hybridized carbons (Fsp3) is 0.250. The fourth-order valence-electron chi connectivity index (χ4n) is 1.91. The normalized spacial score (nSPS) is 11.9. The van der Waals surface area contributed by atoms with E-state index < -0.39 is 0 Å². The van der Waals surface area contributed by atoms with Crippen molar-refractivity contribution in [3.63, 3.8) is 0 Å². The van der Waals surface area contributed by atoms with Crippen molar-refractivity contribution in [2.45, 2.75) is 5.92 Å². The Hall–Kier alpha value is -1.61. The second-order valence-corrected chi connectivity index (χ2v) is 4.62. The van der Waals surface area contributed by atoms with Gasteiger partial charge in [-0.15, -0.1) is 0 Å². The highest BCUT2D eigenvalue weighted by atomic mass is 32.1. The van der Waals surface area contributed by atoms with Gasteiger partial charge in [0, 0.05) is 11.7 Å². The first kappa shape index (κ1) is 13.8. The van der Waals surface area contributed by atoms with Crippen molar-refractivity contribution in [1.82, 2.24) is 0 Å². The summed E-state index contributed by atoms with van der Waals surface area (Å²) in [6.45, 7) is 0.591. The second-order valence-electron chi connectivity index (χ2n) is 4.25. The Morgan fingerprint density at radius 3 is 2.21 bits per heavy atom. The van der Waals surface area contributed by atoms with Crippen LogP contribution in [-0.2, 0) is 0 Å². The number of ether oxygens (including phenoxy) is 2. The molecule has 0 bridgehead atoms. The molecule has 0 aliphatic carbocycles. The van der Waals surface area contributed by atoms with Crippen molar-refractivity contribution >= 4 is 12.6 Å². The predicted molar refractivity (Wildman–Crippen MR) is 81.5 cm³/mol. The van der Waals surface area contributed by atoms with Crippen molar-refractivity contribution in [2.75, 3.05) is 19.5 Å². The quantitative estimate of drug-likeness (QED) is 0.808. The van der Waals surface area contributed by atoms with Gasteiger partial charge in [0.1, 0.15) is 0 Å². The van der Waals surface area contributed by atoms with E-state index in [0.717, 1.165) is 17.3 Å². The van der Waals surface area contributed by atoms with Crippen molar-refractivity contribution in [2.24, 2.45) is 0 Å². The summed E-state index contributed by atoms with van der Waals surface area (Å²) in [7, 11) is 1.65. The standard InChI is InChI=1S/C16H18O2S/c1-17-15-9-5-6-10-16(15)18-11-14(12-19)13-7-3-2-4-8-13/h2-10,14,19H,11-12H2,1H3. The van der Waals surface area contributed by atoms with E-state index in [-0.39, 0.29) is 5.92 Å². The van der Waals surface area contributed by atoms with Crippen LogP contribution in [0.1, 0.15) is 11.5 Å². The molecule has 0 spiro atoms. The lowest BCUT2D eigenvalue weighted by Crippen LogP contribution is -2.12. The van der Waals surface area contributed by atoms with Crippen LogP contribution in [0.25, 0.3) is 0 Å². The minimum Gasteiger partial charge on any atom is -0.493 e. The number of hydrogen-bond acceptors (Lipinski definition) is 3. The number of hydrogen-bond donors (Lipinski definition) is 1. The monoisotopic (exact) mass is 274 g/mol. The van der Waals surface area contributed by atoms with E-state index in [1.807, 2.05) is 42.5 Å². The van der Waals surface area contributed by atoms with Gasteiger partial charge in [-0.25, -0.2) is 0 Å². The zero-order valence-corrected chi connectivity index (χ0v) is 11.8. The summed E-state index contributed by atoms with van der Waals surface area (Å²) < 4.78 is 11.1. The van der Waals surface area contributed by atoms with E-state index in [2.05, 4.69) is 24.8 Å². The molecule has 3 heteroatoms. The van der Waals surface area contributed by atoms with Crippen molar-refractivity contribution in [3.8, 4) is 11.5 Å². The smallest absolute Gasteiger partial charge is 0.161 e. The molecule has 0 amide bonds. The number of benzene rings is 2. The minimum absolute atomic E-state index is 0.273. The summed E-state index contributed by atoms with van der Waals surface area (Å²) in [5, 5.41) is 0. The summed E-state index contributed by atoms with van der Waals surface area (Å²) in [4.78, 5) is 0. The van der Waals surface area contributed by atoms with Crippen LogP contribution >= 0.6 is 12.6 Å². The molecule has 0 saturated heterocycles. The Bertz CT molecular complexity index is 499. The molecule has 0 fully saturated rings. The summed E-state index contributed by atoms with van der Waals surface area (Å²) in [5.41, 5.74) is 1.24. The van der Waals surface area contributed by atoms with E-state index in [0.29, 0.717) is 6.61 Å². The molecule has 2 rings (SSSR count). The number of para-hydroxylation sites is 2. The Kier molecular flexibility index (Phi) is 5.16. The first-order chi connectivity index (χ1) is 9.35. The lowest BCUT2D eigenvalue weighted by atomic mass is 10.0. The van der Waals surface area contributed by atoms with Crippen LogP contribution < -0.4 is 9.47 Å². The molecule has 0 radical (unpaired) electrons. The Labute approximate surface area is 119 Å². The van der Waals surface area contributed by atoms with Crippen LogP contribution in [0.4, 0.5) is 0 Å². The molecule has 2 aromatic carbocycles. The zero-order chi connectivity index (χ0) is 13.5. The Morgan fingerprint density at radius 2 is 1.58 bits per heavy atom. The molecular weight excluding hydrogens is 256 g/mol. The number of methoxy groups -OCH3 is 1. The Morgan fingerprint density at radius 1 is 0.947 bits per heavy atom. The van der Waals surface area contributed by atoms with E-state index >= 15 is 0 Å². The highest BCUT2D eigenvalue weighted by Gasteiger charge is 2.11. The molecule has 0 heterocycles. The first-order valence-corrected chi connectivity index (χ1v) is 6.90. The predicted octanol–water partition coefficient (Wildman–Crippen LogP) is 3.79. The maximum Gasteiger partial charge on any atom is 0.161 e. The molecule has 0 N–H and O–H groups in total. The molecule has 0 aromatic heterocycles. The van der Waals surface area contributed by atoms with Crippen LogP contribution in [0, 0.1) is 0 Å². The molecule has 1 unspecified atom stereocenters. The van der Waals surface area contributed by atoms with Gasteiger partial charge in [-0.05, 0) is 17.7 Å². The van der Waals surface area contributed by atoms with Gasteiger partial charge in [0.2, 0.25) is 0 Å². The third-order valence-electron chi connectivity index (χ3n) is 3.00. The SMILES string of the molecule is COc1ccccc1OCC(CS)c1ccccc1. The van der Waals surface area contributed by atoms with Crippen molar-refractivity contribution < 1.29 is 9.47 Å². The molecule has 2 nitrogen and oxygen atoms in total. The van der Waals surface area contributed by atoms with Gasteiger partial charge in [-0.2, -0.15) is 12.6 Å². The third kappa shape index (κ3) is 3.67. The fourth-order valence-corrected chi connectivity index (χ4v) is 2.22. The summed E-state index contributed by atoms with van der Waals surface area (Å²) >= 11 is 4.41. The van der Waals surface area contributed by atoms with Crippen LogP contribution in [-0.4, -0.2) is 19.5 Å². The van der Waals surface area contributed by atoms with Gasteiger partial charge < -0.3 is 9.47 Å². The molecule has 2 aromatic rings. The van der Waals surface area contributed by atoms with Crippen LogP contribution in [0.15, 0.2) is 54.6 Å².